The number of hydrogen-bond acceptors (Lipinski definition) is 1. The van der Waals surface area contributed by atoms with Crippen molar-refractivity contribution in [2.24, 2.45) is 0 Å². The van der Waals surface area contributed by atoms with E-state index in [1.165, 1.54) is 33.1 Å². The third-order valence-corrected chi connectivity index (χ3v) is 6.10. The van der Waals surface area contributed by atoms with Crippen LogP contribution in [-0.4, -0.2) is 0 Å². The highest BCUT2D eigenvalue weighted by molar-refractivity contribution is 7.27. The molecule has 1 unspecified atom stereocenters. The molecule has 0 heterocycles. The second-order valence-electron chi connectivity index (χ2n) is 8.25. The summed E-state index contributed by atoms with van der Waals surface area (Å²) in [6.45, 7) is 8.09. The lowest BCUT2D eigenvalue weighted by atomic mass is 10.0. The van der Waals surface area contributed by atoms with Crippen molar-refractivity contribution in [1.29, 1.82) is 0 Å². The van der Waals surface area contributed by atoms with E-state index in [1.54, 1.807) is 0 Å². The zero-order chi connectivity index (χ0) is 23.9. The highest BCUT2D eigenvalue weighted by Crippen LogP contribution is 2.34. The van der Waals surface area contributed by atoms with Crippen LogP contribution >= 0.6 is 9.24 Å². The van der Waals surface area contributed by atoms with Gasteiger partial charge in [-0.15, -0.1) is 9.24 Å². The summed E-state index contributed by atoms with van der Waals surface area (Å²) in [5.41, 5.74) is 9.36. The van der Waals surface area contributed by atoms with E-state index in [0.29, 0.717) is 0 Å². The molecular formula is C32H30NP. The maximum atomic E-state index is 3.94. The van der Waals surface area contributed by atoms with E-state index in [0.717, 1.165) is 17.1 Å². The summed E-state index contributed by atoms with van der Waals surface area (Å²) in [5.74, 6) is 0. The second kappa shape index (κ2) is 11.0. The van der Waals surface area contributed by atoms with Crippen LogP contribution in [0.4, 0.5) is 11.4 Å². The van der Waals surface area contributed by atoms with Gasteiger partial charge in [0.15, 0.2) is 0 Å². The monoisotopic (exact) mass is 459 g/mol. The fourth-order valence-electron chi connectivity index (χ4n) is 4.01. The molecule has 4 aromatic carbocycles. The molecule has 0 radical (unpaired) electrons. The molecule has 4 rings (SSSR count). The Morgan fingerprint density at radius 1 is 0.735 bits per heavy atom. The highest BCUT2D eigenvalue weighted by atomic mass is 31.0. The van der Waals surface area contributed by atoms with Gasteiger partial charge < -0.3 is 4.90 Å². The van der Waals surface area contributed by atoms with Gasteiger partial charge in [0.2, 0.25) is 0 Å². The smallest absolute Gasteiger partial charge is 0.0462 e. The van der Waals surface area contributed by atoms with Gasteiger partial charge in [-0.3, -0.25) is 0 Å². The molecule has 0 spiro atoms. The number of rotatable bonds is 7. The summed E-state index contributed by atoms with van der Waals surface area (Å²) < 4.78 is 0. The highest BCUT2D eigenvalue weighted by Gasteiger charge is 2.13. The van der Waals surface area contributed by atoms with E-state index in [4.69, 9.17) is 0 Å². The van der Waals surface area contributed by atoms with Gasteiger partial charge in [0.1, 0.15) is 0 Å². The van der Waals surface area contributed by atoms with Crippen LogP contribution in [0.5, 0.6) is 0 Å². The molecule has 34 heavy (non-hydrogen) atoms. The van der Waals surface area contributed by atoms with Gasteiger partial charge >= 0.3 is 0 Å². The first-order chi connectivity index (χ1) is 16.6. The van der Waals surface area contributed by atoms with Crippen molar-refractivity contribution in [3.05, 3.63) is 139 Å². The predicted molar refractivity (Wildman–Crippen MR) is 153 cm³/mol. The van der Waals surface area contributed by atoms with Gasteiger partial charge in [-0.2, -0.15) is 0 Å². The molecule has 0 aromatic heterocycles. The minimum absolute atomic E-state index is 1.06. The zero-order valence-corrected chi connectivity index (χ0v) is 20.9. The summed E-state index contributed by atoms with van der Waals surface area (Å²) in [6.07, 6.45) is 8.05. The van der Waals surface area contributed by atoms with Gasteiger partial charge in [0.25, 0.3) is 0 Å². The van der Waals surface area contributed by atoms with Crippen LogP contribution in [-0.2, 0) is 0 Å². The number of hydrogen-bond donors (Lipinski definition) is 0. The standard InChI is InChI=1S/C32H30NP/c1-4-7-29(8-5-2)33(30-19-15-26(16-20-30)25-13-11-24(3)12-14-25)31-21-17-27(18-22-31)28-9-6-10-32(34)23-28/h4-23H,1,34H2,2-3H3/b8-5-,29-7+. The van der Waals surface area contributed by atoms with Gasteiger partial charge in [-0.05, 0) is 83.9 Å². The Balaban J connectivity index is 1.73. The minimum atomic E-state index is 1.06. The van der Waals surface area contributed by atoms with Gasteiger partial charge in [0.05, 0.1) is 0 Å². The molecule has 2 heteroatoms. The van der Waals surface area contributed by atoms with Gasteiger partial charge in [-0.1, -0.05) is 91.0 Å². The van der Waals surface area contributed by atoms with Crippen molar-refractivity contribution in [2.75, 3.05) is 4.90 Å². The molecule has 0 aliphatic carbocycles. The first-order valence-electron chi connectivity index (χ1n) is 11.5. The van der Waals surface area contributed by atoms with Crippen LogP contribution < -0.4 is 10.2 Å². The molecule has 0 fully saturated rings. The van der Waals surface area contributed by atoms with Gasteiger partial charge in [0, 0.05) is 17.1 Å². The Morgan fingerprint density at radius 3 is 1.76 bits per heavy atom. The molecule has 1 atom stereocenters. The van der Waals surface area contributed by atoms with Crippen molar-refractivity contribution in [3.63, 3.8) is 0 Å². The van der Waals surface area contributed by atoms with Crippen molar-refractivity contribution in [2.45, 2.75) is 13.8 Å². The normalized spacial score (nSPS) is 11.6. The van der Waals surface area contributed by atoms with Gasteiger partial charge in [-0.25, -0.2) is 0 Å². The molecule has 0 saturated heterocycles. The SMILES string of the molecule is C=C/C=C(\C=C/C)N(c1ccc(-c2ccc(C)cc2)cc1)c1ccc(-c2cccc(P)c2)cc1. The molecule has 0 N–H and O–H groups in total. The van der Waals surface area contributed by atoms with Crippen LogP contribution in [0.2, 0.25) is 0 Å². The molecule has 4 aromatic rings. The first-order valence-corrected chi connectivity index (χ1v) is 12.1. The topological polar surface area (TPSA) is 3.24 Å². The van der Waals surface area contributed by atoms with E-state index in [2.05, 4.69) is 137 Å². The number of allylic oxidation sites excluding steroid dienone is 4. The number of benzene rings is 4. The molecule has 168 valence electrons. The Morgan fingerprint density at radius 2 is 1.26 bits per heavy atom. The third kappa shape index (κ3) is 5.45. The summed E-state index contributed by atoms with van der Waals surface area (Å²) in [7, 11) is 2.77. The summed E-state index contributed by atoms with van der Waals surface area (Å²) >= 11 is 0. The molecule has 0 saturated carbocycles. The summed E-state index contributed by atoms with van der Waals surface area (Å²) in [4.78, 5) is 2.26. The number of anilines is 2. The summed E-state index contributed by atoms with van der Waals surface area (Å²) in [5, 5.41) is 1.18. The zero-order valence-electron chi connectivity index (χ0n) is 19.8. The number of aryl methyl sites for hydroxylation is 1. The Labute approximate surface area is 206 Å². The van der Waals surface area contributed by atoms with E-state index >= 15 is 0 Å². The lowest BCUT2D eigenvalue weighted by Gasteiger charge is -2.27. The molecular weight excluding hydrogens is 429 g/mol. The van der Waals surface area contributed by atoms with Crippen LogP contribution in [0.15, 0.2) is 134 Å². The fourth-order valence-corrected chi connectivity index (χ4v) is 4.30. The van der Waals surface area contributed by atoms with Crippen LogP contribution in [0.1, 0.15) is 12.5 Å². The van der Waals surface area contributed by atoms with Crippen molar-refractivity contribution in [1.82, 2.24) is 0 Å². The van der Waals surface area contributed by atoms with Crippen molar-refractivity contribution < 1.29 is 0 Å². The minimum Gasteiger partial charge on any atom is -0.311 e. The lowest BCUT2D eigenvalue weighted by molar-refractivity contribution is 1.21. The number of nitrogens with zero attached hydrogens (tertiary/aromatic N) is 1. The molecule has 0 bridgehead atoms. The largest absolute Gasteiger partial charge is 0.311 e. The van der Waals surface area contributed by atoms with E-state index < -0.39 is 0 Å². The Kier molecular flexibility index (Phi) is 7.58. The molecule has 0 aliphatic heterocycles. The molecule has 0 amide bonds. The predicted octanol–water partition coefficient (Wildman–Crippen LogP) is 8.61. The fraction of sp³-hybridized carbons (Fsp3) is 0.0625. The van der Waals surface area contributed by atoms with Crippen molar-refractivity contribution >= 4 is 25.9 Å². The van der Waals surface area contributed by atoms with Crippen LogP contribution in [0, 0.1) is 6.92 Å². The molecule has 1 nitrogen and oxygen atoms in total. The quantitative estimate of drug-likeness (QED) is 0.197. The lowest BCUT2D eigenvalue weighted by Crippen LogP contribution is -2.15. The second-order valence-corrected chi connectivity index (χ2v) is 8.91. The maximum absolute atomic E-state index is 3.94. The summed E-state index contributed by atoms with van der Waals surface area (Å²) in [6, 6.07) is 34.6. The van der Waals surface area contributed by atoms with Crippen LogP contribution in [0.3, 0.4) is 0 Å². The van der Waals surface area contributed by atoms with E-state index in [-0.39, 0.29) is 0 Å². The molecule has 0 aliphatic rings. The van der Waals surface area contributed by atoms with Crippen molar-refractivity contribution in [3.8, 4) is 22.3 Å². The Bertz CT molecular complexity index is 1310. The first kappa shape index (κ1) is 23.5. The average Bonchev–Trinajstić information content (AvgIpc) is 2.86. The van der Waals surface area contributed by atoms with Crippen LogP contribution in [0.25, 0.3) is 22.3 Å². The van der Waals surface area contributed by atoms with E-state index in [1.807, 2.05) is 19.1 Å². The maximum Gasteiger partial charge on any atom is 0.0462 e. The Hall–Kier alpha value is -3.67. The van der Waals surface area contributed by atoms with E-state index in [9.17, 15) is 0 Å². The average molecular weight is 460 g/mol. The third-order valence-electron chi connectivity index (χ3n) is 5.74.